The largest absolute Gasteiger partial charge is 0.493 e. The number of nitrogens with one attached hydrogen (secondary N) is 1. The molecule has 0 bridgehead atoms. The Balaban J connectivity index is 1.98. The van der Waals surface area contributed by atoms with Gasteiger partial charge >= 0.3 is 6.03 Å². The van der Waals surface area contributed by atoms with Crippen LogP contribution in [0, 0.1) is 0 Å². The summed E-state index contributed by atoms with van der Waals surface area (Å²) in [5, 5.41) is 12.8. The maximum absolute atomic E-state index is 12.4. The van der Waals surface area contributed by atoms with E-state index in [0.717, 1.165) is 5.56 Å². The van der Waals surface area contributed by atoms with Gasteiger partial charge in [0.1, 0.15) is 0 Å². The summed E-state index contributed by atoms with van der Waals surface area (Å²) in [4.78, 5) is 14.0. The Morgan fingerprint density at radius 1 is 1.40 bits per heavy atom. The average Bonchev–Trinajstić information content (AvgIpc) is 3.00. The third kappa shape index (κ3) is 4.99. The van der Waals surface area contributed by atoms with Gasteiger partial charge in [0, 0.05) is 13.1 Å². The molecule has 1 aromatic rings. The van der Waals surface area contributed by atoms with Gasteiger partial charge in [0.25, 0.3) is 0 Å². The number of hydrogen-bond donors (Lipinski definition) is 2. The van der Waals surface area contributed by atoms with Crippen LogP contribution in [0.5, 0.6) is 11.5 Å². The molecule has 1 saturated heterocycles. The van der Waals surface area contributed by atoms with Crippen molar-refractivity contribution in [2.24, 2.45) is 0 Å². The normalized spacial score (nSPS) is 19.8. The molecular formula is C18H28N2O5. The number of nitrogens with zero attached hydrogens (tertiary/aromatic N) is 1. The molecule has 1 aliphatic heterocycles. The standard InChI is InChI=1S/C18H28N2O5/c1-5-20(14-10-24-11-15(14)21)18(22)19-9-13-6-7-16(25-12(2)3)17(8-13)23-4/h6-8,12,14-15,21H,5,9-11H2,1-4H3,(H,19,22). The van der Waals surface area contributed by atoms with Crippen molar-refractivity contribution in [3.05, 3.63) is 23.8 Å². The van der Waals surface area contributed by atoms with E-state index < -0.39 is 6.10 Å². The van der Waals surface area contributed by atoms with E-state index >= 15 is 0 Å². The minimum Gasteiger partial charge on any atom is -0.493 e. The van der Waals surface area contributed by atoms with Gasteiger partial charge in [-0.1, -0.05) is 6.07 Å². The van der Waals surface area contributed by atoms with E-state index in [9.17, 15) is 9.90 Å². The molecule has 7 nitrogen and oxygen atoms in total. The quantitative estimate of drug-likeness (QED) is 0.782. The van der Waals surface area contributed by atoms with E-state index in [1.165, 1.54) is 0 Å². The molecule has 2 N–H and O–H groups in total. The summed E-state index contributed by atoms with van der Waals surface area (Å²) in [7, 11) is 1.59. The maximum Gasteiger partial charge on any atom is 0.318 e. The Morgan fingerprint density at radius 3 is 2.72 bits per heavy atom. The zero-order chi connectivity index (χ0) is 18.4. The summed E-state index contributed by atoms with van der Waals surface area (Å²) >= 11 is 0. The number of urea groups is 1. The van der Waals surface area contributed by atoms with E-state index in [0.29, 0.717) is 31.2 Å². The van der Waals surface area contributed by atoms with Crippen molar-refractivity contribution in [1.82, 2.24) is 10.2 Å². The molecule has 0 saturated carbocycles. The second kappa shape index (κ2) is 8.92. The number of rotatable bonds is 7. The number of hydrogen-bond acceptors (Lipinski definition) is 5. The molecule has 1 fully saturated rings. The van der Waals surface area contributed by atoms with Crippen LogP contribution in [-0.4, -0.2) is 61.2 Å². The number of methoxy groups -OCH3 is 1. The summed E-state index contributed by atoms with van der Waals surface area (Å²) in [6.45, 7) is 7.27. The van der Waals surface area contributed by atoms with Crippen LogP contribution in [0.1, 0.15) is 26.3 Å². The molecule has 140 valence electrons. The second-order valence-corrected chi connectivity index (χ2v) is 6.27. The molecule has 0 spiro atoms. The van der Waals surface area contributed by atoms with Gasteiger partial charge in [-0.3, -0.25) is 0 Å². The molecule has 1 heterocycles. The molecule has 1 aliphatic rings. The fourth-order valence-electron chi connectivity index (χ4n) is 2.81. The van der Waals surface area contributed by atoms with E-state index in [4.69, 9.17) is 14.2 Å². The molecule has 0 aliphatic carbocycles. The second-order valence-electron chi connectivity index (χ2n) is 6.27. The fraction of sp³-hybridized carbons (Fsp3) is 0.611. The summed E-state index contributed by atoms with van der Waals surface area (Å²) in [5.41, 5.74) is 0.903. The highest BCUT2D eigenvalue weighted by Crippen LogP contribution is 2.29. The Hall–Kier alpha value is -1.99. The van der Waals surface area contributed by atoms with Gasteiger partial charge in [-0.2, -0.15) is 0 Å². The van der Waals surface area contributed by atoms with Crippen LogP contribution in [0.2, 0.25) is 0 Å². The number of amides is 2. The Morgan fingerprint density at radius 2 is 2.16 bits per heavy atom. The van der Waals surface area contributed by atoms with Crippen molar-refractivity contribution in [2.75, 3.05) is 26.9 Å². The van der Waals surface area contributed by atoms with Crippen LogP contribution in [-0.2, 0) is 11.3 Å². The van der Waals surface area contributed by atoms with Crippen LogP contribution in [0.3, 0.4) is 0 Å². The Kier molecular flexibility index (Phi) is 6.90. The first kappa shape index (κ1) is 19.3. The molecule has 1 aromatic carbocycles. The van der Waals surface area contributed by atoms with Crippen molar-refractivity contribution >= 4 is 6.03 Å². The van der Waals surface area contributed by atoms with E-state index in [1.54, 1.807) is 12.0 Å². The number of likely N-dealkylation sites (N-methyl/N-ethyl adjacent to an activating group) is 1. The van der Waals surface area contributed by atoms with Gasteiger partial charge in [-0.05, 0) is 38.5 Å². The molecule has 7 heteroatoms. The van der Waals surface area contributed by atoms with Gasteiger partial charge in [0.05, 0.1) is 38.6 Å². The highest BCUT2D eigenvalue weighted by Gasteiger charge is 2.33. The number of carbonyl (C=O) groups excluding carboxylic acids is 1. The Labute approximate surface area is 148 Å². The van der Waals surface area contributed by atoms with Crippen LogP contribution in [0.25, 0.3) is 0 Å². The van der Waals surface area contributed by atoms with Crippen molar-refractivity contribution in [3.63, 3.8) is 0 Å². The lowest BCUT2D eigenvalue weighted by Gasteiger charge is -2.28. The van der Waals surface area contributed by atoms with Gasteiger partial charge in [0.2, 0.25) is 0 Å². The van der Waals surface area contributed by atoms with Crippen molar-refractivity contribution in [3.8, 4) is 11.5 Å². The predicted octanol–water partition coefficient (Wildman–Crippen LogP) is 1.77. The molecule has 2 unspecified atom stereocenters. The number of aliphatic hydroxyl groups is 1. The topological polar surface area (TPSA) is 80.3 Å². The third-order valence-electron chi connectivity index (χ3n) is 4.06. The first-order valence-electron chi connectivity index (χ1n) is 8.60. The highest BCUT2D eigenvalue weighted by molar-refractivity contribution is 5.74. The number of aliphatic hydroxyl groups excluding tert-OH is 1. The van der Waals surface area contributed by atoms with Gasteiger partial charge in [-0.15, -0.1) is 0 Å². The number of benzene rings is 1. The number of ether oxygens (including phenoxy) is 3. The lowest BCUT2D eigenvalue weighted by molar-refractivity contribution is 0.0962. The summed E-state index contributed by atoms with van der Waals surface area (Å²) in [6.07, 6.45) is -0.587. The smallest absolute Gasteiger partial charge is 0.318 e. The van der Waals surface area contributed by atoms with Crippen LogP contribution >= 0.6 is 0 Å². The fourth-order valence-corrected chi connectivity index (χ4v) is 2.81. The van der Waals surface area contributed by atoms with Gasteiger partial charge in [0.15, 0.2) is 11.5 Å². The van der Waals surface area contributed by atoms with E-state index in [-0.39, 0.29) is 24.8 Å². The average molecular weight is 352 g/mol. The zero-order valence-electron chi connectivity index (χ0n) is 15.3. The van der Waals surface area contributed by atoms with E-state index in [1.807, 2.05) is 39.0 Å². The summed E-state index contributed by atoms with van der Waals surface area (Å²) in [6, 6.07) is 5.05. The van der Waals surface area contributed by atoms with Crippen molar-refractivity contribution in [2.45, 2.75) is 45.6 Å². The van der Waals surface area contributed by atoms with E-state index in [2.05, 4.69) is 5.32 Å². The molecular weight excluding hydrogens is 324 g/mol. The molecule has 0 radical (unpaired) electrons. The minimum atomic E-state index is -0.641. The first-order valence-corrected chi connectivity index (χ1v) is 8.60. The molecule has 2 atom stereocenters. The molecule has 0 aromatic heterocycles. The minimum absolute atomic E-state index is 0.0534. The molecule has 2 amide bonds. The SMILES string of the molecule is CCN(C(=O)NCc1ccc(OC(C)C)c(OC)c1)C1COCC1O. The molecule has 2 rings (SSSR count). The number of carbonyl (C=O) groups is 1. The van der Waals surface area contributed by atoms with Crippen LogP contribution in [0.4, 0.5) is 4.79 Å². The lowest BCUT2D eigenvalue weighted by atomic mass is 10.2. The van der Waals surface area contributed by atoms with Gasteiger partial charge in [-0.25, -0.2) is 4.79 Å². The van der Waals surface area contributed by atoms with Crippen molar-refractivity contribution < 1.29 is 24.1 Å². The van der Waals surface area contributed by atoms with Gasteiger partial charge < -0.3 is 29.5 Å². The van der Waals surface area contributed by atoms with Crippen LogP contribution in [0.15, 0.2) is 18.2 Å². The highest BCUT2D eigenvalue weighted by atomic mass is 16.5. The van der Waals surface area contributed by atoms with Crippen LogP contribution < -0.4 is 14.8 Å². The maximum atomic E-state index is 12.4. The zero-order valence-corrected chi connectivity index (χ0v) is 15.3. The van der Waals surface area contributed by atoms with Crippen molar-refractivity contribution in [1.29, 1.82) is 0 Å². The lowest BCUT2D eigenvalue weighted by Crippen LogP contribution is -2.50. The Bertz CT molecular complexity index is 579. The first-order chi connectivity index (χ1) is 12.0. The summed E-state index contributed by atoms with van der Waals surface area (Å²) in [5.74, 6) is 1.31. The monoisotopic (exact) mass is 352 g/mol. The molecule has 25 heavy (non-hydrogen) atoms. The summed E-state index contributed by atoms with van der Waals surface area (Å²) < 4.78 is 16.3. The predicted molar refractivity (Wildman–Crippen MR) is 94.0 cm³/mol. The third-order valence-corrected chi connectivity index (χ3v) is 4.06.